The number of rotatable bonds is 6. The van der Waals surface area contributed by atoms with Gasteiger partial charge in [0.2, 0.25) is 0 Å². The molecule has 0 bridgehead atoms. The molecule has 0 aliphatic heterocycles. The first-order chi connectivity index (χ1) is 15.0. The number of methoxy groups -OCH3 is 1. The average molecular weight is 436 g/mol. The Morgan fingerprint density at radius 3 is 2.65 bits per heavy atom. The van der Waals surface area contributed by atoms with Crippen LogP contribution in [0.4, 0.5) is 0 Å². The van der Waals surface area contributed by atoms with Gasteiger partial charge in [0.15, 0.2) is 5.11 Å². The van der Waals surface area contributed by atoms with Gasteiger partial charge in [0.25, 0.3) is 5.56 Å². The highest BCUT2D eigenvalue weighted by Gasteiger charge is 2.26. The van der Waals surface area contributed by atoms with Gasteiger partial charge in [-0.15, -0.1) is 0 Å². The standard InChI is InChI=1S/C25H29N3O2S/c1-17(18-8-4-3-5-9-18)26-25(31)28(21-10-6-7-11-21)16-20-14-19-15-22(30-2)12-13-23(19)27-24(20)29/h3-5,8-9,12-15,17,21H,6-7,10-11,16H2,1-2H3,(H,26,31)(H,27,29). The van der Waals surface area contributed by atoms with Crippen molar-refractivity contribution >= 4 is 28.2 Å². The van der Waals surface area contributed by atoms with Gasteiger partial charge in [0.05, 0.1) is 19.7 Å². The minimum Gasteiger partial charge on any atom is -0.497 e. The van der Waals surface area contributed by atoms with Crippen LogP contribution in [-0.2, 0) is 6.54 Å². The molecule has 0 radical (unpaired) electrons. The molecule has 31 heavy (non-hydrogen) atoms. The van der Waals surface area contributed by atoms with Crippen LogP contribution in [0.3, 0.4) is 0 Å². The molecule has 2 N–H and O–H groups in total. The Morgan fingerprint density at radius 1 is 1.19 bits per heavy atom. The van der Waals surface area contributed by atoms with Crippen molar-refractivity contribution in [3.05, 3.63) is 76.1 Å². The van der Waals surface area contributed by atoms with Crippen LogP contribution < -0.4 is 15.6 Å². The van der Waals surface area contributed by atoms with E-state index in [0.717, 1.165) is 29.5 Å². The molecule has 1 heterocycles. The summed E-state index contributed by atoms with van der Waals surface area (Å²) in [5.41, 5.74) is 2.64. The van der Waals surface area contributed by atoms with Crippen molar-refractivity contribution in [3.63, 3.8) is 0 Å². The van der Waals surface area contributed by atoms with Crippen molar-refractivity contribution in [3.8, 4) is 5.75 Å². The SMILES string of the molecule is COc1ccc2[nH]c(=O)c(CN(C(=S)NC(C)c3ccccc3)C3CCCC3)cc2c1. The summed E-state index contributed by atoms with van der Waals surface area (Å²) in [5, 5.41) is 5.15. The molecule has 5 nitrogen and oxygen atoms in total. The Morgan fingerprint density at radius 2 is 1.94 bits per heavy atom. The molecule has 1 saturated carbocycles. The van der Waals surface area contributed by atoms with E-state index in [1.54, 1.807) is 7.11 Å². The Balaban J connectivity index is 1.60. The first-order valence-corrected chi connectivity index (χ1v) is 11.3. The zero-order chi connectivity index (χ0) is 21.8. The number of thiocarbonyl (C=S) groups is 1. The highest BCUT2D eigenvalue weighted by atomic mass is 32.1. The molecule has 6 heteroatoms. The molecule has 1 fully saturated rings. The number of hydrogen-bond acceptors (Lipinski definition) is 3. The lowest BCUT2D eigenvalue weighted by molar-refractivity contribution is 0.300. The van der Waals surface area contributed by atoms with Crippen LogP contribution in [0.25, 0.3) is 10.9 Å². The molecule has 1 aromatic heterocycles. The van der Waals surface area contributed by atoms with E-state index in [0.29, 0.717) is 23.3 Å². The summed E-state index contributed by atoms with van der Waals surface area (Å²) in [6.07, 6.45) is 4.59. The van der Waals surface area contributed by atoms with E-state index in [1.165, 1.54) is 18.4 Å². The van der Waals surface area contributed by atoms with Crippen molar-refractivity contribution in [2.24, 2.45) is 0 Å². The number of aromatic amines is 1. The largest absolute Gasteiger partial charge is 0.497 e. The second-order valence-electron chi connectivity index (χ2n) is 8.22. The molecule has 1 aliphatic carbocycles. The highest BCUT2D eigenvalue weighted by Crippen LogP contribution is 2.26. The van der Waals surface area contributed by atoms with Crippen molar-refractivity contribution in [1.82, 2.24) is 15.2 Å². The fourth-order valence-electron chi connectivity index (χ4n) is 4.33. The van der Waals surface area contributed by atoms with E-state index in [-0.39, 0.29) is 11.6 Å². The predicted molar refractivity (Wildman–Crippen MR) is 130 cm³/mol. The van der Waals surface area contributed by atoms with Crippen molar-refractivity contribution in [1.29, 1.82) is 0 Å². The summed E-state index contributed by atoms with van der Waals surface area (Å²) in [6.45, 7) is 2.60. The lowest BCUT2D eigenvalue weighted by atomic mass is 10.1. The summed E-state index contributed by atoms with van der Waals surface area (Å²) in [5.74, 6) is 0.770. The molecular formula is C25H29N3O2S. The Labute approximate surface area is 188 Å². The van der Waals surface area contributed by atoms with Gasteiger partial charge in [-0.3, -0.25) is 4.79 Å². The zero-order valence-electron chi connectivity index (χ0n) is 18.1. The number of aromatic nitrogens is 1. The zero-order valence-corrected chi connectivity index (χ0v) is 18.9. The highest BCUT2D eigenvalue weighted by molar-refractivity contribution is 7.80. The maximum absolute atomic E-state index is 12.8. The van der Waals surface area contributed by atoms with Gasteiger partial charge < -0.3 is 19.9 Å². The van der Waals surface area contributed by atoms with Gasteiger partial charge >= 0.3 is 0 Å². The molecule has 1 atom stereocenters. The Bertz CT molecular complexity index is 1110. The molecule has 0 saturated heterocycles. The normalized spacial score (nSPS) is 15.0. The molecule has 162 valence electrons. The van der Waals surface area contributed by atoms with Gasteiger partial charge in [-0.25, -0.2) is 0 Å². The van der Waals surface area contributed by atoms with Gasteiger partial charge in [0, 0.05) is 22.5 Å². The fraction of sp³-hybridized carbons (Fsp3) is 0.360. The number of hydrogen-bond donors (Lipinski definition) is 2. The van der Waals surface area contributed by atoms with Gasteiger partial charge in [-0.2, -0.15) is 0 Å². The number of pyridine rings is 1. The van der Waals surface area contributed by atoms with Gasteiger partial charge in [-0.05, 0) is 61.8 Å². The second-order valence-corrected chi connectivity index (χ2v) is 8.61. The summed E-state index contributed by atoms with van der Waals surface area (Å²) in [4.78, 5) is 18.0. The van der Waals surface area contributed by atoms with E-state index in [2.05, 4.69) is 34.3 Å². The number of nitrogens with one attached hydrogen (secondary N) is 2. The maximum Gasteiger partial charge on any atom is 0.253 e. The van der Waals surface area contributed by atoms with E-state index >= 15 is 0 Å². The molecule has 0 spiro atoms. The molecule has 4 rings (SSSR count). The third-order valence-electron chi connectivity index (χ3n) is 6.13. The van der Waals surface area contributed by atoms with Gasteiger partial charge in [0.1, 0.15) is 5.75 Å². The van der Waals surface area contributed by atoms with Crippen molar-refractivity contribution < 1.29 is 4.74 Å². The van der Waals surface area contributed by atoms with Crippen LogP contribution in [0.15, 0.2) is 59.4 Å². The fourth-order valence-corrected chi connectivity index (χ4v) is 4.72. The quantitative estimate of drug-likeness (QED) is 0.539. The second kappa shape index (κ2) is 9.52. The summed E-state index contributed by atoms with van der Waals surface area (Å²) < 4.78 is 5.35. The minimum absolute atomic E-state index is 0.0698. The van der Waals surface area contributed by atoms with Gasteiger partial charge in [-0.1, -0.05) is 43.2 Å². The molecule has 3 aromatic rings. The van der Waals surface area contributed by atoms with Crippen molar-refractivity contribution in [2.45, 2.75) is 51.2 Å². The molecular weight excluding hydrogens is 406 g/mol. The number of ether oxygens (including phenoxy) is 1. The van der Waals surface area contributed by atoms with E-state index < -0.39 is 0 Å². The van der Waals surface area contributed by atoms with Crippen LogP contribution in [0.1, 0.15) is 49.8 Å². The molecule has 2 aromatic carbocycles. The van der Waals surface area contributed by atoms with Crippen LogP contribution in [-0.4, -0.2) is 28.1 Å². The number of benzene rings is 2. The van der Waals surface area contributed by atoms with E-state index in [4.69, 9.17) is 17.0 Å². The van der Waals surface area contributed by atoms with Crippen LogP contribution in [0.5, 0.6) is 5.75 Å². The first kappa shape index (κ1) is 21.4. The smallest absolute Gasteiger partial charge is 0.253 e. The van der Waals surface area contributed by atoms with Crippen LogP contribution in [0.2, 0.25) is 0 Å². The number of H-pyrrole nitrogens is 1. The Kier molecular flexibility index (Phi) is 6.56. The van der Waals surface area contributed by atoms with Crippen molar-refractivity contribution in [2.75, 3.05) is 7.11 Å². The van der Waals surface area contributed by atoms with E-state index in [1.807, 2.05) is 42.5 Å². The third-order valence-corrected chi connectivity index (χ3v) is 6.49. The van der Waals surface area contributed by atoms with E-state index in [9.17, 15) is 4.79 Å². The average Bonchev–Trinajstić information content (AvgIpc) is 3.32. The summed E-state index contributed by atoms with van der Waals surface area (Å²) >= 11 is 5.85. The first-order valence-electron chi connectivity index (χ1n) is 10.9. The minimum atomic E-state index is -0.0698. The topological polar surface area (TPSA) is 57.4 Å². The third kappa shape index (κ3) is 4.90. The monoisotopic (exact) mass is 435 g/mol. The lowest BCUT2D eigenvalue weighted by Gasteiger charge is -2.33. The predicted octanol–water partition coefficient (Wildman–Crippen LogP) is 4.92. The summed E-state index contributed by atoms with van der Waals surface area (Å²) in [6, 6.07) is 18.4. The van der Waals surface area contributed by atoms with Crippen LogP contribution in [0, 0.1) is 0 Å². The van der Waals surface area contributed by atoms with Crippen LogP contribution >= 0.6 is 12.2 Å². The molecule has 0 amide bonds. The molecule has 1 aliphatic rings. The maximum atomic E-state index is 12.8. The lowest BCUT2D eigenvalue weighted by Crippen LogP contribution is -2.46. The number of nitrogens with zero attached hydrogens (tertiary/aromatic N) is 1. The summed E-state index contributed by atoms with van der Waals surface area (Å²) in [7, 11) is 1.65. The Hall–Kier alpha value is -2.86. The molecule has 1 unspecified atom stereocenters. The number of fused-ring (bicyclic) bond motifs is 1.